The predicted octanol–water partition coefficient (Wildman–Crippen LogP) is 3.92. The second-order valence-electron chi connectivity index (χ2n) is 6.04. The van der Waals surface area contributed by atoms with Gasteiger partial charge >= 0.3 is 0 Å². The van der Waals surface area contributed by atoms with E-state index in [2.05, 4.69) is 22.1 Å². The van der Waals surface area contributed by atoms with E-state index < -0.39 is 0 Å². The second kappa shape index (κ2) is 5.19. The number of hydrogen-bond acceptors (Lipinski definition) is 4. The lowest BCUT2D eigenvalue weighted by Crippen LogP contribution is -2.08. The molecular formula is C18H18N2O3. The van der Waals surface area contributed by atoms with E-state index in [0.717, 1.165) is 11.0 Å². The summed E-state index contributed by atoms with van der Waals surface area (Å²) in [5.41, 5.74) is 3.88. The SMILES string of the molecule is COc1cc(-c2nc3ccc(C4CCC4)cc3[nH]2)cc(O)c1O. The molecular weight excluding hydrogens is 292 g/mol. The largest absolute Gasteiger partial charge is 0.504 e. The highest BCUT2D eigenvalue weighted by Crippen LogP contribution is 2.40. The van der Waals surface area contributed by atoms with Gasteiger partial charge in [-0.15, -0.1) is 0 Å². The van der Waals surface area contributed by atoms with Crippen LogP contribution < -0.4 is 4.74 Å². The van der Waals surface area contributed by atoms with Crippen LogP contribution in [-0.4, -0.2) is 27.3 Å². The fourth-order valence-electron chi connectivity index (χ4n) is 3.04. The number of nitrogens with zero attached hydrogens (tertiary/aromatic N) is 1. The Kier molecular flexibility index (Phi) is 3.15. The number of imidazole rings is 1. The van der Waals surface area contributed by atoms with Gasteiger partial charge in [-0.25, -0.2) is 4.98 Å². The molecule has 0 spiro atoms. The summed E-state index contributed by atoms with van der Waals surface area (Å²) in [7, 11) is 1.45. The van der Waals surface area contributed by atoms with Gasteiger partial charge in [0.1, 0.15) is 5.82 Å². The lowest BCUT2D eigenvalue weighted by Gasteiger charge is -2.25. The molecule has 1 heterocycles. The zero-order chi connectivity index (χ0) is 16.0. The molecule has 0 atom stereocenters. The molecule has 1 aliphatic carbocycles. The molecule has 118 valence electrons. The van der Waals surface area contributed by atoms with Gasteiger partial charge in [0, 0.05) is 5.56 Å². The Bertz CT molecular complexity index is 881. The topological polar surface area (TPSA) is 78.4 Å². The first kappa shape index (κ1) is 13.9. The van der Waals surface area contributed by atoms with Gasteiger partial charge in [0.15, 0.2) is 11.5 Å². The molecule has 0 unspecified atom stereocenters. The van der Waals surface area contributed by atoms with Gasteiger partial charge in [-0.3, -0.25) is 0 Å². The first-order valence-corrected chi connectivity index (χ1v) is 7.75. The minimum absolute atomic E-state index is 0.218. The molecule has 5 heteroatoms. The number of methoxy groups -OCH3 is 1. The molecule has 1 aliphatic rings. The van der Waals surface area contributed by atoms with Crippen LogP contribution >= 0.6 is 0 Å². The van der Waals surface area contributed by atoms with Gasteiger partial charge in [-0.1, -0.05) is 12.5 Å². The summed E-state index contributed by atoms with van der Waals surface area (Å²) in [5, 5.41) is 19.6. The summed E-state index contributed by atoms with van der Waals surface area (Å²) in [6.45, 7) is 0. The monoisotopic (exact) mass is 310 g/mol. The number of aromatic amines is 1. The number of aromatic nitrogens is 2. The number of phenols is 2. The van der Waals surface area contributed by atoms with Crippen molar-refractivity contribution < 1.29 is 14.9 Å². The predicted molar refractivity (Wildman–Crippen MR) is 88.0 cm³/mol. The first-order chi connectivity index (χ1) is 11.2. The number of aromatic hydroxyl groups is 2. The Labute approximate surface area is 133 Å². The van der Waals surface area contributed by atoms with E-state index in [1.54, 1.807) is 6.07 Å². The Morgan fingerprint density at radius 1 is 1.17 bits per heavy atom. The molecule has 3 N–H and O–H groups in total. The van der Waals surface area contributed by atoms with Crippen LogP contribution in [0.1, 0.15) is 30.7 Å². The van der Waals surface area contributed by atoms with Crippen molar-refractivity contribution in [3.63, 3.8) is 0 Å². The highest BCUT2D eigenvalue weighted by Gasteiger charge is 2.20. The van der Waals surface area contributed by atoms with Crippen LogP contribution in [0.15, 0.2) is 30.3 Å². The van der Waals surface area contributed by atoms with Gasteiger partial charge in [0.05, 0.1) is 18.1 Å². The standard InChI is InChI=1S/C18H18N2O3/c1-23-16-9-12(8-15(21)17(16)22)18-19-13-6-5-11(7-14(13)20-18)10-3-2-4-10/h5-10,21-22H,2-4H2,1H3,(H,19,20). The maximum atomic E-state index is 9.83. The average molecular weight is 310 g/mol. The fourth-order valence-corrected chi connectivity index (χ4v) is 3.04. The van der Waals surface area contributed by atoms with Crippen LogP contribution in [0.4, 0.5) is 0 Å². The van der Waals surface area contributed by atoms with Crippen LogP contribution in [0.2, 0.25) is 0 Å². The van der Waals surface area contributed by atoms with E-state index in [9.17, 15) is 10.2 Å². The van der Waals surface area contributed by atoms with Crippen LogP contribution in [0.3, 0.4) is 0 Å². The number of benzene rings is 2. The van der Waals surface area contributed by atoms with Gasteiger partial charge < -0.3 is 19.9 Å². The minimum Gasteiger partial charge on any atom is -0.504 e. The van der Waals surface area contributed by atoms with Crippen molar-refractivity contribution in [1.82, 2.24) is 9.97 Å². The number of fused-ring (bicyclic) bond motifs is 1. The van der Waals surface area contributed by atoms with Gasteiger partial charge in [-0.2, -0.15) is 0 Å². The van der Waals surface area contributed by atoms with Gasteiger partial charge in [-0.05, 0) is 48.6 Å². The van der Waals surface area contributed by atoms with Crippen molar-refractivity contribution in [3.8, 4) is 28.6 Å². The molecule has 4 rings (SSSR count). The summed E-state index contributed by atoms with van der Waals surface area (Å²) in [6.07, 6.45) is 3.83. The van der Waals surface area contributed by atoms with Crippen molar-refractivity contribution in [1.29, 1.82) is 0 Å². The normalized spacial score (nSPS) is 14.8. The summed E-state index contributed by atoms with van der Waals surface area (Å²) < 4.78 is 5.08. The van der Waals surface area contributed by atoms with Crippen LogP contribution in [0, 0.1) is 0 Å². The molecule has 1 saturated carbocycles. The molecule has 1 fully saturated rings. The van der Waals surface area contributed by atoms with E-state index in [1.165, 1.54) is 38.0 Å². The number of nitrogens with one attached hydrogen (secondary N) is 1. The lowest BCUT2D eigenvalue weighted by atomic mass is 9.80. The number of ether oxygens (including phenoxy) is 1. The molecule has 0 radical (unpaired) electrons. The first-order valence-electron chi connectivity index (χ1n) is 7.75. The van der Waals surface area contributed by atoms with Crippen molar-refractivity contribution in [2.24, 2.45) is 0 Å². The minimum atomic E-state index is -0.264. The van der Waals surface area contributed by atoms with E-state index in [0.29, 0.717) is 17.3 Å². The quantitative estimate of drug-likeness (QED) is 0.641. The third kappa shape index (κ3) is 2.29. The molecule has 3 aromatic rings. The molecule has 0 aliphatic heterocycles. The highest BCUT2D eigenvalue weighted by molar-refractivity contribution is 5.81. The zero-order valence-corrected chi connectivity index (χ0v) is 12.8. The average Bonchev–Trinajstić information content (AvgIpc) is 2.91. The number of H-pyrrole nitrogens is 1. The Balaban J connectivity index is 1.78. The smallest absolute Gasteiger partial charge is 0.200 e. The van der Waals surface area contributed by atoms with E-state index in [1.807, 2.05) is 6.07 Å². The fraction of sp³-hybridized carbons (Fsp3) is 0.278. The Morgan fingerprint density at radius 2 is 2.00 bits per heavy atom. The summed E-state index contributed by atoms with van der Waals surface area (Å²) in [6, 6.07) is 9.46. The Hall–Kier alpha value is -2.69. The molecule has 2 aromatic carbocycles. The molecule has 23 heavy (non-hydrogen) atoms. The van der Waals surface area contributed by atoms with E-state index in [4.69, 9.17) is 4.74 Å². The Morgan fingerprint density at radius 3 is 2.70 bits per heavy atom. The van der Waals surface area contributed by atoms with Crippen molar-refractivity contribution in [2.45, 2.75) is 25.2 Å². The van der Waals surface area contributed by atoms with Crippen molar-refractivity contribution >= 4 is 11.0 Å². The zero-order valence-electron chi connectivity index (χ0n) is 12.8. The molecule has 1 aromatic heterocycles. The molecule has 0 amide bonds. The van der Waals surface area contributed by atoms with Crippen LogP contribution in [-0.2, 0) is 0 Å². The second-order valence-corrected chi connectivity index (χ2v) is 6.04. The molecule has 0 bridgehead atoms. The third-order valence-electron chi connectivity index (χ3n) is 4.63. The number of phenolic OH excluding ortho intramolecular Hbond substituents is 2. The van der Waals surface area contributed by atoms with Gasteiger partial charge in [0.2, 0.25) is 5.75 Å². The summed E-state index contributed by atoms with van der Waals surface area (Å²) in [5.74, 6) is 1.04. The summed E-state index contributed by atoms with van der Waals surface area (Å²) in [4.78, 5) is 7.86. The lowest BCUT2D eigenvalue weighted by molar-refractivity contribution is 0.351. The van der Waals surface area contributed by atoms with Crippen LogP contribution in [0.25, 0.3) is 22.4 Å². The molecule has 5 nitrogen and oxygen atoms in total. The summed E-state index contributed by atoms with van der Waals surface area (Å²) >= 11 is 0. The maximum absolute atomic E-state index is 9.83. The van der Waals surface area contributed by atoms with Crippen molar-refractivity contribution in [3.05, 3.63) is 35.9 Å². The maximum Gasteiger partial charge on any atom is 0.200 e. The third-order valence-corrected chi connectivity index (χ3v) is 4.63. The highest BCUT2D eigenvalue weighted by atomic mass is 16.5. The van der Waals surface area contributed by atoms with Crippen LogP contribution in [0.5, 0.6) is 17.2 Å². The number of rotatable bonds is 3. The van der Waals surface area contributed by atoms with Crippen molar-refractivity contribution in [2.75, 3.05) is 7.11 Å². The van der Waals surface area contributed by atoms with E-state index >= 15 is 0 Å². The van der Waals surface area contributed by atoms with E-state index in [-0.39, 0.29) is 17.2 Å². The molecule has 0 saturated heterocycles. The number of hydrogen-bond donors (Lipinski definition) is 3. The van der Waals surface area contributed by atoms with Gasteiger partial charge in [0.25, 0.3) is 0 Å².